The highest BCUT2D eigenvalue weighted by Gasteiger charge is 2.29. The molecule has 0 fully saturated rings. The van der Waals surface area contributed by atoms with E-state index in [1.165, 1.54) is 11.3 Å². The van der Waals surface area contributed by atoms with Crippen LogP contribution in [0.15, 0.2) is 3.92 Å². The minimum Gasteiger partial charge on any atom is -0.351 e. The third kappa shape index (κ3) is 1.83. The average molecular weight is 275 g/mol. The minimum absolute atomic E-state index is 0.00813. The van der Waals surface area contributed by atoms with E-state index in [-0.39, 0.29) is 11.3 Å². The van der Waals surface area contributed by atoms with E-state index >= 15 is 0 Å². The topological polar surface area (TPSA) is 42.0 Å². The van der Waals surface area contributed by atoms with Crippen LogP contribution in [0.3, 0.4) is 0 Å². The van der Waals surface area contributed by atoms with Crippen molar-refractivity contribution in [3.8, 4) is 0 Å². The van der Waals surface area contributed by atoms with Crippen LogP contribution in [0.1, 0.15) is 29.2 Å². The molecule has 0 spiro atoms. The van der Waals surface area contributed by atoms with Crippen molar-refractivity contribution in [2.75, 3.05) is 6.54 Å². The van der Waals surface area contributed by atoms with Gasteiger partial charge in [-0.25, -0.2) is 4.98 Å². The fourth-order valence-corrected chi connectivity index (χ4v) is 2.96. The first-order chi connectivity index (χ1) is 6.48. The molecule has 1 amide bonds. The standard InChI is InChI=1S/C9H11BrN2OS/c1-9(2)3-5-6(7(13)11-4-9)14-8(10)12-5/h3-4H2,1-2H3,(H,11,13). The average Bonchev–Trinajstić information content (AvgIpc) is 2.37. The van der Waals surface area contributed by atoms with Gasteiger partial charge >= 0.3 is 0 Å². The van der Waals surface area contributed by atoms with Crippen molar-refractivity contribution >= 4 is 33.2 Å². The van der Waals surface area contributed by atoms with E-state index in [2.05, 4.69) is 40.1 Å². The van der Waals surface area contributed by atoms with E-state index < -0.39 is 0 Å². The third-order valence-electron chi connectivity index (χ3n) is 2.25. The summed E-state index contributed by atoms with van der Waals surface area (Å²) in [5.41, 5.74) is 1.01. The Morgan fingerprint density at radius 2 is 2.29 bits per heavy atom. The Morgan fingerprint density at radius 1 is 1.57 bits per heavy atom. The molecular formula is C9H11BrN2OS. The summed E-state index contributed by atoms with van der Waals surface area (Å²) >= 11 is 4.72. The number of hydrogen-bond donors (Lipinski definition) is 1. The molecule has 1 aromatic rings. The molecule has 0 saturated heterocycles. The molecule has 14 heavy (non-hydrogen) atoms. The highest BCUT2D eigenvalue weighted by atomic mass is 79.9. The van der Waals surface area contributed by atoms with Crippen LogP contribution in [0.2, 0.25) is 0 Å². The number of nitrogens with zero attached hydrogens (tertiary/aromatic N) is 1. The Labute approximate surface area is 95.1 Å². The van der Waals surface area contributed by atoms with Crippen molar-refractivity contribution in [2.24, 2.45) is 5.41 Å². The molecule has 2 rings (SSSR count). The Balaban J connectivity index is 2.45. The lowest BCUT2D eigenvalue weighted by Crippen LogP contribution is -2.31. The number of amides is 1. The fraction of sp³-hybridized carbons (Fsp3) is 0.556. The van der Waals surface area contributed by atoms with Crippen LogP contribution in [-0.4, -0.2) is 17.4 Å². The van der Waals surface area contributed by atoms with Gasteiger partial charge < -0.3 is 5.32 Å². The van der Waals surface area contributed by atoms with E-state index in [1.807, 2.05) is 0 Å². The molecule has 1 aromatic heterocycles. The van der Waals surface area contributed by atoms with Crippen LogP contribution in [-0.2, 0) is 6.42 Å². The molecule has 0 unspecified atom stereocenters. The molecule has 5 heteroatoms. The zero-order valence-electron chi connectivity index (χ0n) is 8.06. The van der Waals surface area contributed by atoms with Gasteiger partial charge in [-0.15, -0.1) is 11.3 Å². The van der Waals surface area contributed by atoms with Gasteiger partial charge in [-0.1, -0.05) is 13.8 Å². The largest absolute Gasteiger partial charge is 0.351 e. The van der Waals surface area contributed by atoms with Gasteiger partial charge in [0.1, 0.15) is 4.88 Å². The molecule has 1 aliphatic rings. The molecule has 0 aromatic carbocycles. The Morgan fingerprint density at radius 3 is 3.00 bits per heavy atom. The third-order valence-corrected chi connectivity index (χ3v) is 3.80. The first kappa shape index (κ1) is 10.1. The van der Waals surface area contributed by atoms with Gasteiger partial charge in [0, 0.05) is 6.54 Å². The molecule has 2 heterocycles. The number of aromatic nitrogens is 1. The molecule has 3 nitrogen and oxygen atoms in total. The van der Waals surface area contributed by atoms with Gasteiger partial charge in [0.05, 0.1) is 5.69 Å². The summed E-state index contributed by atoms with van der Waals surface area (Å²) in [6.07, 6.45) is 0.850. The summed E-state index contributed by atoms with van der Waals surface area (Å²) in [7, 11) is 0. The fourth-order valence-electron chi connectivity index (χ4n) is 1.54. The molecular weight excluding hydrogens is 264 g/mol. The normalized spacial score (nSPS) is 19.8. The number of fused-ring (bicyclic) bond motifs is 1. The lowest BCUT2D eigenvalue weighted by Gasteiger charge is -2.20. The highest BCUT2D eigenvalue weighted by molar-refractivity contribution is 9.11. The number of hydrogen-bond acceptors (Lipinski definition) is 3. The summed E-state index contributed by atoms with van der Waals surface area (Å²) in [6, 6.07) is 0. The van der Waals surface area contributed by atoms with Gasteiger partial charge in [-0.3, -0.25) is 4.79 Å². The van der Waals surface area contributed by atoms with E-state index in [0.717, 1.165) is 20.9 Å². The van der Waals surface area contributed by atoms with Crippen molar-refractivity contribution in [3.05, 3.63) is 14.5 Å². The zero-order chi connectivity index (χ0) is 10.3. The lowest BCUT2D eigenvalue weighted by atomic mass is 9.88. The monoisotopic (exact) mass is 274 g/mol. The molecule has 76 valence electrons. The van der Waals surface area contributed by atoms with E-state index in [4.69, 9.17) is 0 Å². The summed E-state index contributed by atoms with van der Waals surface area (Å²) < 4.78 is 0.787. The first-order valence-electron chi connectivity index (χ1n) is 4.41. The van der Waals surface area contributed by atoms with Gasteiger partial charge in [0.15, 0.2) is 3.92 Å². The Kier molecular flexibility index (Phi) is 2.39. The van der Waals surface area contributed by atoms with Crippen LogP contribution >= 0.6 is 27.3 Å². The maximum Gasteiger partial charge on any atom is 0.263 e. The molecule has 0 aliphatic carbocycles. The molecule has 0 bridgehead atoms. The number of halogens is 1. The minimum atomic E-state index is 0.00813. The van der Waals surface area contributed by atoms with Crippen molar-refractivity contribution < 1.29 is 4.79 Å². The van der Waals surface area contributed by atoms with Crippen LogP contribution in [0.25, 0.3) is 0 Å². The summed E-state index contributed by atoms with van der Waals surface area (Å²) in [5.74, 6) is 0.00813. The number of nitrogens with one attached hydrogen (secondary N) is 1. The summed E-state index contributed by atoms with van der Waals surface area (Å²) in [6.45, 7) is 4.98. The maximum atomic E-state index is 11.6. The van der Waals surface area contributed by atoms with E-state index in [0.29, 0.717) is 6.54 Å². The van der Waals surface area contributed by atoms with Crippen molar-refractivity contribution in [1.82, 2.24) is 10.3 Å². The Hall–Kier alpha value is -0.420. The molecule has 1 aliphatic heterocycles. The van der Waals surface area contributed by atoms with Gasteiger partial charge in [-0.05, 0) is 27.8 Å². The maximum absolute atomic E-state index is 11.6. The van der Waals surface area contributed by atoms with Gasteiger partial charge in [0.2, 0.25) is 0 Å². The van der Waals surface area contributed by atoms with E-state index in [9.17, 15) is 4.79 Å². The van der Waals surface area contributed by atoms with Crippen molar-refractivity contribution in [2.45, 2.75) is 20.3 Å². The second-order valence-corrected chi connectivity index (χ2v) is 6.54. The van der Waals surface area contributed by atoms with Crippen molar-refractivity contribution in [1.29, 1.82) is 0 Å². The van der Waals surface area contributed by atoms with Crippen LogP contribution in [0.4, 0.5) is 0 Å². The highest BCUT2D eigenvalue weighted by Crippen LogP contribution is 2.31. The molecule has 0 atom stereocenters. The van der Waals surface area contributed by atoms with Crippen LogP contribution in [0.5, 0.6) is 0 Å². The quantitative estimate of drug-likeness (QED) is 0.788. The second-order valence-electron chi connectivity index (χ2n) is 4.27. The summed E-state index contributed by atoms with van der Waals surface area (Å²) in [4.78, 5) is 16.7. The van der Waals surface area contributed by atoms with Gasteiger partial charge in [-0.2, -0.15) is 0 Å². The number of carbonyl (C=O) groups is 1. The zero-order valence-corrected chi connectivity index (χ0v) is 10.5. The predicted octanol–water partition coefficient (Wildman–Crippen LogP) is 2.22. The molecule has 0 radical (unpaired) electrons. The second kappa shape index (κ2) is 3.31. The SMILES string of the molecule is CC1(C)CNC(=O)c2sc(Br)nc2C1. The lowest BCUT2D eigenvalue weighted by molar-refractivity contribution is 0.0948. The van der Waals surface area contributed by atoms with Crippen LogP contribution < -0.4 is 5.32 Å². The van der Waals surface area contributed by atoms with Gasteiger partial charge in [0.25, 0.3) is 5.91 Å². The number of rotatable bonds is 0. The summed E-state index contributed by atoms with van der Waals surface area (Å²) in [5, 5.41) is 2.91. The first-order valence-corrected chi connectivity index (χ1v) is 6.02. The molecule has 1 N–H and O–H groups in total. The number of carbonyl (C=O) groups excluding carboxylic acids is 1. The Bertz CT molecular complexity index is 386. The van der Waals surface area contributed by atoms with Crippen LogP contribution in [0, 0.1) is 5.41 Å². The smallest absolute Gasteiger partial charge is 0.263 e. The number of thiazole rings is 1. The van der Waals surface area contributed by atoms with E-state index in [1.54, 1.807) is 0 Å². The predicted molar refractivity (Wildman–Crippen MR) is 59.6 cm³/mol. The molecule has 0 saturated carbocycles. The van der Waals surface area contributed by atoms with Crippen molar-refractivity contribution in [3.63, 3.8) is 0 Å².